The Hall–Kier alpha value is -2.63. The van der Waals surface area contributed by atoms with Crippen LogP contribution in [0.25, 0.3) is 0 Å². The van der Waals surface area contributed by atoms with Gasteiger partial charge in [-0.2, -0.15) is 10.5 Å². The number of rotatable bonds is 2. The van der Waals surface area contributed by atoms with Gasteiger partial charge in [0, 0.05) is 10.0 Å². The highest BCUT2D eigenvalue weighted by Crippen LogP contribution is 2.21. The van der Waals surface area contributed by atoms with Crippen molar-refractivity contribution in [3.05, 3.63) is 63.6 Å². The van der Waals surface area contributed by atoms with E-state index in [4.69, 9.17) is 10.5 Å². The molecule has 1 N–H and O–H groups in total. The van der Waals surface area contributed by atoms with Crippen LogP contribution in [0.3, 0.4) is 0 Å². The standard InChI is InChI=1S/C15H8BrN3O/c16-13-5-4-12(9-18)14(7-13)19-15(20)11-3-1-2-10(6-11)8-17/h1-7H,(H,19,20). The molecule has 0 unspecified atom stereocenters. The predicted octanol–water partition coefficient (Wildman–Crippen LogP) is 3.44. The highest BCUT2D eigenvalue weighted by molar-refractivity contribution is 9.10. The number of nitrogens with zero attached hydrogens (tertiary/aromatic N) is 2. The normalized spacial score (nSPS) is 9.35. The summed E-state index contributed by atoms with van der Waals surface area (Å²) < 4.78 is 0.762. The maximum atomic E-state index is 12.1. The zero-order chi connectivity index (χ0) is 14.5. The van der Waals surface area contributed by atoms with Crippen LogP contribution < -0.4 is 5.32 Å². The van der Waals surface area contributed by atoms with Crippen molar-refractivity contribution in [1.29, 1.82) is 10.5 Å². The van der Waals surface area contributed by atoms with E-state index in [-0.39, 0.29) is 5.91 Å². The van der Waals surface area contributed by atoms with Gasteiger partial charge in [-0.15, -0.1) is 0 Å². The van der Waals surface area contributed by atoms with E-state index >= 15 is 0 Å². The van der Waals surface area contributed by atoms with Crippen molar-refractivity contribution in [2.24, 2.45) is 0 Å². The summed E-state index contributed by atoms with van der Waals surface area (Å²) in [6.07, 6.45) is 0. The monoisotopic (exact) mass is 325 g/mol. The molecule has 0 heterocycles. The average Bonchev–Trinajstić information content (AvgIpc) is 2.47. The van der Waals surface area contributed by atoms with Gasteiger partial charge in [-0.1, -0.05) is 22.0 Å². The summed E-state index contributed by atoms with van der Waals surface area (Å²) in [5, 5.41) is 20.5. The Balaban J connectivity index is 2.30. The zero-order valence-corrected chi connectivity index (χ0v) is 11.8. The van der Waals surface area contributed by atoms with Crippen molar-refractivity contribution >= 4 is 27.5 Å². The van der Waals surface area contributed by atoms with Crippen molar-refractivity contribution in [3.8, 4) is 12.1 Å². The molecule has 4 nitrogen and oxygen atoms in total. The third-order valence-corrected chi connectivity index (χ3v) is 3.10. The first-order chi connectivity index (χ1) is 9.63. The molecule has 0 saturated carbocycles. The van der Waals surface area contributed by atoms with Crippen LogP contribution in [-0.2, 0) is 0 Å². The lowest BCUT2D eigenvalue weighted by molar-refractivity contribution is 0.102. The van der Waals surface area contributed by atoms with Gasteiger partial charge in [0.05, 0.1) is 22.9 Å². The molecular weight excluding hydrogens is 318 g/mol. The first-order valence-electron chi connectivity index (χ1n) is 5.65. The summed E-state index contributed by atoms with van der Waals surface area (Å²) in [5.74, 6) is -0.364. The quantitative estimate of drug-likeness (QED) is 0.918. The van der Waals surface area contributed by atoms with E-state index in [2.05, 4.69) is 21.2 Å². The number of nitriles is 2. The van der Waals surface area contributed by atoms with E-state index in [1.54, 1.807) is 36.4 Å². The number of nitrogens with one attached hydrogen (secondary N) is 1. The van der Waals surface area contributed by atoms with Crippen LogP contribution >= 0.6 is 15.9 Å². The fourth-order valence-electron chi connectivity index (χ4n) is 1.64. The van der Waals surface area contributed by atoms with Crippen LogP contribution in [-0.4, -0.2) is 5.91 Å². The van der Waals surface area contributed by atoms with Crippen LogP contribution in [0.1, 0.15) is 21.5 Å². The highest BCUT2D eigenvalue weighted by Gasteiger charge is 2.10. The van der Waals surface area contributed by atoms with Crippen LogP contribution in [0.4, 0.5) is 5.69 Å². The van der Waals surface area contributed by atoms with Gasteiger partial charge in [-0.3, -0.25) is 4.79 Å². The number of carbonyl (C=O) groups excluding carboxylic acids is 1. The third-order valence-electron chi connectivity index (χ3n) is 2.60. The van der Waals surface area contributed by atoms with E-state index in [0.29, 0.717) is 22.4 Å². The number of hydrogen-bond acceptors (Lipinski definition) is 3. The Labute approximate surface area is 124 Å². The molecule has 96 valence electrons. The lowest BCUT2D eigenvalue weighted by atomic mass is 10.1. The summed E-state index contributed by atoms with van der Waals surface area (Å²) in [7, 11) is 0. The van der Waals surface area contributed by atoms with Gasteiger partial charge in [0.1, 0.15) is 6.07 Å². The summed E-state index contributed by atoms with van der Waals surface area (Å²) in [6, 6.07) is 15.4. The van der Waals surface area contributed by atoms with Gasteiger partial charge in [0.25, 0.3) is 5.91 Å². The van der Waals surface area contributed by atoms with Crippen molar-refractivity contribution in [1.82, 2.24) is 0 Å². The van der Waals surface area contributed by atoms with Crippen LogP contribution in [0.2, 0.25) is 0 Å². The second kappa shape index (κ2) is 6.01. The molecule has 2 aromatic carbocycles. The first-order valence-corrected chi connectivity index (χ1v) is 6.44. The molecule has 0 atom stereocenters. The molecule has 0 spiro atoms. The molecule has 2 rings (SSSR count). The van der Waals surface area contributed by atoms with Gasteiger partial charge < -0.3 is 5.32 Å². The summed E-state index contributed by atoms with van der Waals surface area (Å²) in [5.41, 5.74) is 1.58. The van der Waals surface area contributed by atoms with Crippen LogP contribution in [0.5, 0.6) is 0 Å². The van der Waals surface area contributed by atoms with Gasteiger partial charge in [-0.25, -0.2) is 0 Å². The molecule has 1 amide bonds. The molecular formula is C15H8BrN3O. The Morgan fingerprint density at radius 1 is 1.10 bits per heavy atom. The molecule has 0 saturated heterocycles. The van der Waals surface area contributed by atoms with E-state index < -0.39 is 0 Å². The molecule has 0 aliphatic heterocycles. The Bertz CT molecular complexity index is 756. The Morgan fingerprint density at radius 2 is 1.90 bits per heavy atom. The van der Waals surface area contributed by atoms with E-state index in [9.17, 15) is 4.79 Å². The van der Waals surface area contributed by atoms with Gasteiger partial charge in [-0.05, 0) is 36.4 Å². The number of amides is 1. The Kier molecular flexibility index (Phi) is 4.14. The molecule has 5 heteroatoms. The fraction of sp³-hybridized carbons (Fsp3) is 0. The SMILES string of the molecule is N#Cc1cccc(C(=O)Nc2cc(Br)ccc2C#N)c1. The summed E-state index contributed by atoms with van der Waals surface area (Å²) >= 11 is 3.29. The molecule has 20 heavy (non-hydrogen) atoms. The second-order valence-corrected chi connectivity index (χ2v) is 4.86. The molecule has 2 aromatic rings. The van der Waals surface area contributed by atoms with Crippen molar-refractivity contribution in [3.63, 3.8) is 0 Å². The zero-order valence-electron chi connectivity index (χ0n) is 10.2. The second-order valence-electron chi connectivity index (χ2n) is 3.95. The highest BCUT2D eigenvalue weighted by atomic mass is 79.9. The Morgan fingerprint density at radius 3 is 2.60 bits per heavy atom. The van der Waals surface area contributed by atoms with Crippen molar-refractivity contribution in [2.45, 2.75) is 0 Å². The number of anilines is 1. The number of halogens is 1. The molecule has 0 radical (unpaired) electrons. The minimum Gasteiger partial charge on any atom is -0.321 e. The molecule has 0 aliphatic carbocycles. The minimum absolute atomic E-state index is 0.364. The van der Waals surface area contributed by atoms with Crippen molar-refractivity contribution < 1.29 is 4.79 Å². The van der Waals surface area contributed by atoms with Gasteiger partial charge in [0.2, 0.25) is 0 Å². The topological polar surface area (TPSA) is 76.7 Å². The third kappa shape index (κ3) is 3.03. The lowest BCUT2D eigenvalue weighted by Crippen LogP contribution is -2.13. The van der Waals surface area contributed by atoms with E-state index in [0.717, 1.165) is 4.47 Å². The lowest BCUT2D eigenvalue weighted by Gasteiger charge is -2.07. The molecule has 0 aliphatic rings. The van der Waals surface area contributed by atoms with E-state index in [1.165, 1.54) is 6.07 Å². The van der Waals surface area contributed by atoms with Gasteiger partial charge in [0.15, 0.2) is 0 Å². The minimum atomic E-state index is -0.364. The van der Waals surface area contributed by atoms with Crippen molar-refractivity contribution in [2.75, 3.05) is 5.32 Å². The average molecular weight is 326 g/mol. The molecule has 0 bridgehead atoms. The maximum Gasteiger partial charge on any atom is 0.255 e. The number of carbonyl (C=O) groups is 1. The summed E-state index contributed by atoms with van der Waals surface area (Å²) in [6.45, 7) is 0. The van der Waals surface area contributed by atoms with Crippen LogP contribution in [0.15, 0.2) is 46.9 Å². The molecule has 0 aromatic heterocycles. The maximum absolute atomic E-state index is 12.1. The predicted molar refractivity (Wildman–Crippen MR) is 78.0 cm³/mol. The summed E-state index contributed by atoms with van der Waals surface area (Å²) in [4.78, 5) is 12.1. The van der Waals surface area contributed by atoms with Gasteiger partial charge >= 0.3 is 0 Å². The number of hydrogen-bond donors (Lipinski definition) is 1. The molecule has 0 fully saturated rings. The van der Waals surface area contributed by atoms with Crippen LogP contribution in [0, 0.1) is 22.7 Å². The first kappa shape index (κ1) is 13.8. The van der Waals surface area contributed by atoms with E-state index in [1.807, 2.05) is 12.1 Å². The fourth-order valence-corrected chi connectivity index (χ4v) is 2.00. The smallest absolute Gasteiger partial charge is 0.255 e. The largest absolute Gasteiger partial charge is 0.321 e. The number of benzene rings is 2.